The van der Waals surface area contributed by atoms with Gasteiger partial charge >= 0.3 is 0 Å². The molecular formula is C18H24N4O. The van der Waals surface area contributed by atoms with Crippen LogP contribution in [0.4, 0.5) is 0 Å². The minimum Gasteiger partial charge on any atom is -0.298 e. The maximum Gasteiger partial charge on any atom is 0.151 e. The third kappa shape index (κ3) is 4.71. The van der Waals surface area contributed by atoms with Gasteiger partial charge in [-0.25, -0.2) is 9.50 Å². The van der Waals surface area contributed by atoms with E-state index in [1.807, 2.05) is 59.7 Å². The van der Waals surface area contributed by atoms with Crippen molar-refractivity contribution < 1.29 is 4.79 Å². The fraction of sp³-hybridized carbons (Fsp3) is 0.333. The van der Waals surface area contributed by atoms with Gasteiger partial charge in [0.05, 0.1) is 11.2 Å². The van der Waals surface area contributed by atoms with E-state index in [1.165, 1.54) is 6.33 Å². The smallest absolute Gasteiger partial charge is 0.151 e. The first kappa shape index (κ1) is 18.5. The molecule has 3 heterocycles. The van der Waals surface area contributed by atoms with Crippen molar-refractivity contribution in [2.45, 2.75) is 41.5 Å². The van der Waals surface area contributed by atoms with Crippen LogP contribution in [0.3, 0.4) is 0 Å². The zero-order chi connectivity index (χ0) is 17.4. The number of hydrogen-bond acceptors (Lipinski definition) is 4. The average molecular weight is 312 g/mol. The highest BCUT2D eigenvalue weighted by atomic mass is 16.1. The molecule has 3 aromatic rings. The van der Waals surface area contributed by atoms with Crippen LogP contribution in [0.25, 0.3) is 5.52 Å². The standard InChI is InChI=1S/C9H9N3O.C7H9N.C2H6/c1-6-8(4-13)3-12-9(6)7(2)10-5-11-12;1-6-4-3-5-7(2)8-6;1-2/h3-5H,1-2H3;3-5H,1-2H3;1-2H3. The number of carbonyl (C=O) groups is 1. The highest BCUT2D eigenvalue weighted by Crippen LogP contribution is 2.16. The van der Waals surface area contributed by atoms with Crippen molar-refractivity contribution in [1.82, 2.24) is 19.6 Å². The summed E-state index contributed by atoms with van der Waals surface area (Å²) in [5.74, 6) is 0. The predicted molar refractivity (Wildman–Crippen MR) is 92.9 cm³/mol. The normalized spacial score (nSPS) is 9.48. The molecule has 0 saturated heterocycles. The molecule has 0 aliphatic carbocycles. The molecule has 3 aromatic heterocycles. The van der Waals surface area contributed by atoms with Gasteiger partial charge in [0.15, 0.2) is 6.29 Å². The van der Waals surface area contributed by atoms with Crippen LogP contribution >= 0.6 is 0 Å². The molecule has 0 amide bonds. The van der Waals surface area contributed by atoms with Crippen LogP contribution in [0.5, 0.6) is 0 Å². The maximum atomic E-state index is 10.6. The van der Waals surface area contributed by atoms with E-state index in [0.717, 1.165) is 34.4 Å². The van der Waals surface area contributed by atoms with Gasteiger partial charge in [0, 0.05) is 23.1 Å². The molecule has 3 rings (SSSR count). The first-order chi connectivity index (χ1) is 11.0. The van der Waals surface area contributed by atoms with Gasteiger partial charge in [-0.2, -0.15) is 5.10 Å². The van der Waals surface area contributed by atoms with E-state index in [0.29, 0.717) is 5.56 Å². The monoisotopic (exact) mass is 312 g/mol. The van der Waals surface area contributed by atoms with Crippen molar-refractivity contribution in [3.8, 4) is 0 Å². The van der Waals surface area contributed by atoms with E-state index in [9.17, 15) is 4.79 Å². The SMILES string of the molecule is CC.Cc1cccc(C)n1.Cc1ncnn2cc(C=O)c(C)c12. The zero-order valence-electron chi connectivity index (χ0n) is 14.7. The third-order valence-corrected chi connectivity index (χ3v) is 3.20. The molecule has 23 heavy (non-hydrogen) atoms. The number of aromatic nitrogens is 4. The largest absolute Gasteiger partial charge is 0.298 e. The van der Waals surface area contributed by atoms with Crippen LogP contribution in [-0.4, -0.2) is 25.9 Å². The number of pyridine rings is 1. The summed E-state index contributed by atoms with van der Waals surface area (Å²) >= 11 is 0. The quantitative estimate of drug-likeness (QED) is 0.640. The number of fused-ring (bicyclic) bond motifs is 1. The Morgan fingerprint density at radius 3 is 2.09 bits per heavy atom. The lowest BCUT2D eigenvalue weighted by Crippen LogP contribution is -1.94. The van der Waals surface area contributed by atoms with Gasteiger partial charge in [0.1, 0.15) is 6.33 Å². The summed E-state index contributed by atoms with van der Waals surface area (Å²) in [6, 6.07) is 6.00. The summed E-state index contributed by atoms with van der Waals surface area (Å²) in [6.45, 7) is 11.8. The predicted octanol–water partition coefficient (Wildman–Crippen LogP) is 3.88. The summed E-state index contributed by atoms with van der Waals surface area (Å²) in [5.41, 5.74) is 5.59. The number of aryl methyl sites for hydroxylation is 4. The van der Waals surface area contributed by atoms with Crippen molar-refractivity contribution in [1.29, 1.82) is 0 Å². The summed E-state index contributed by atoms with van der Waals surface area (Å²) in [6.07, 6.45) is 4.03. The van der Waals surface area contributed by atoms with Crippen molar-refractivity contribution in [3.05, 3.63) is 58.9 Å². The van der Waals surface area contributed by atoms with E-state index in [-0.39, 0.29) is 0 Å². The van der Waals surface area contributed by atoms with Crippen LogP contribution < -0.4 is 0 Å². The summed E-state index contributed by atoms with van der Waals surface area (Å²) in [7, 11) is 0. The van der Waals surface area contributed by atoms with Crippen molar-refractivity contribution >= 4 is 11.8 Å². The molecule has 122 valence electrons. The first-order valence-electron chi connectivity index (χ1n) is 7.68. The Bertz CT molecular complexity index is 761. The fourth-order valence-electron chi connectivity index (χ4n) is 2.16. The Morgan fingerprint density at radius 1 is 1.04 bits per heavy atom. The van der Waals surface area contributed by atoms with E-state index in [4.69, 9.17) is 0 Å². The Hall–Kier alpha value is -2.56. The highest BCUT2D eigenvalue weighted by Gasteiger charge is 2.08. The third-order valence-electron chi connectivity index (χ3n) is 3.20. The van der Waals surface area contributed by atoms with Gasteiger partial charge in [0.25, 0.3) is 0 Å². The van der Waals surface area contributed by atoms with E-state index in [2.05, 4.69) is 15.1 Å². The summed E-state index contributed by atoms with van der Waals surface area (Å²) in [5, 5.41) is 4.02. The van der Waals surface area contributed by atoms with E-state index in [1.54, 1.807) is 10.7 Å². The lowest BCUT2D eigenvalue weighted by Gasteiger charge is -1.96. The van der Waals surface area contributed by atoms with Crippen molar-refractivity contribution in [2.75, 3.05) is 0 Å². The van der Waals surface area contributed by atoms with Crippen LogP contribution in [0.15, 0.2) is 30.7 Å². The molecule has 0 aliphatic heterocycles. The van der Waals surface area contributed by atoms with Gasteiger partial charge in [-0.1, -0.05) is 19.9 Å². The molecular weight excluding hydrogens is 288 g/mol. The minimum absolute atomic E-state index is 0.670. The lowest BCUT2D eigenvalue weighted by atomic mass is 10.2. The van der Waals surface area contributed by atoms with Gasteiger partial charge in [-0.05, 0) is 45.4 Å². The summed E-state index contributed by atoms with van der Waals surface area (Å²) < 4.78 is 1.68. The number of rotatable bonds is 1. The molecule has 0 spiro atoms. The Kier molecular flexibility index (Phi) is 7.06. The Morgan fingerprint density at radius 2 is 1.65 bits per heavy atom. The Balaban J connectivity index is 0.000000228. The van der Waals surface area contributed by atoms with E-state index >= 15 is 0 Å². The van der Waals surface area contributed by atoms with Crippen molar-refractivity contribution in [3.63, 3.8) is 0 Å². The molecule has 0 aliphatic rings. The second-order valence-electron chi connectivity index (χ2n) is 4.89. The number of hydrogen-bond donors (Lipinski definition) is 0. The molecule has 0 fully saturated rings. The lowest BCUT2D eigenvalue weighted by molar-refractivity contribution is 0.112. The van der Waals surface area contributed by atoms with E-state index < -0.39 is 0 Å². The fourth-order valence-corrected chi connectivity index (χ4v) is 2.16. The van der Waals surface area contributed by atoms with Gasteiger partial charge in [0.2, 0.25) is 0 Å². The average Bonchev–Trinajstić information content (AvgIpc) is 2.87. The van der Waals surface area contributed by atoms with Gasteiger partial charge < -0.3 is 0 Å². The number of nitrogens with zero attached hydrogens (tertiary/aromatic N) is 4. The molecule has 0 saturated carbocycles. The maximum absolute atomic E-state index is 10.6. The zero-order valence-corrected chi connectivity index (χ0v) is 14.7. The molecule has 0 aromatic carbocycles. The first-order valence-corrected chi connectivity index (χ1v) is 7.68. The van der Waals surface area contributed by atoms with Crippen molar-refractivity contribution in [2.24, 2.45) is 0 Å². The second-order valence-corrected chi connectivity index (χ2v) is 4.89. The number of carbonyl (C=O) groups excluding carboxylic acids is 1. The highest BCUT2D eigenvalue weighted by molar-refractivity contribution is 5.82. The molecule has 0 radical (unpaired) electrons. The Labute approximate surface area is 137 Å². The molecule has 0 N–H and O–H groups in total. The summed E-state index contributed by atoms with van der Waals surface area (Å²) in [4.78, 5) is 18.9. The number of aldehydes is 1. The second kappa shape index (κ2) is 8.78. The molecule has 5 nitrogen and oxygen atoms in total. The minimum atomic E-state index is 0.670. The molecule has 5 heteroatoms. The topological polar surface area (TPSA) is 60.1 Å². The van der Waals surface area contributed by atoms with Crippen LogP contribution in [-0.2, 0) is 0 Å². The molecule has 0 atom stereocenters. The van der Waals surface area contributed by atoms with Crippen LogP contribution in [0, 0.1) is 27.7 Å². The van der Waals surface area contributed by atoms with Gasteiger partial charge in [-0.15, -0.1) is 0 Å². The molecule has 0 bridgehead atoms. The van der Waals surface area contributed by atoms with Crippen LogP contribution in [0.2, 0.25) is 0 Å². The van der Waals surface area contributed by atoms with Crippen LogP contribution in [0.1, 0.15) is 46.9 Å². The van der Waals surface area contributed by atoms with Gasteiger partial charge in [-0.3, -0.25) is 9.78 Å². The molecule has 0 unspecified atom stereocenters.